The third-order valence-corrected chi connectivity index (χ3v) is 5.64. The molecular weight excluding hydrogens is 314 g/mol. The Morgan fingerprint density at radius 2 is 2.08 bits per heavy atom. The summed E-state index contributed by atoms with van der Waals surface area (Å²) in [7, 11) is 1.94. The van der Waals surface area contributed by atoms with Crippen LogP contribution in [0.2, 0.25) is 0 Å². The number of aryl methyl sites for hydroxylation is 2. The number of nitrogens with one attached hydrogen (secondary N) is 2. The van der Waals surface area contributed by atoms with Gasteiger partial charge in [-0.2, -0.15) is 10.2 Å². The fraction of sp³-hybridized carbons (Fsp3) is 0.556. The van der Waals surface area contributed by atoms with Crippen molar-refractivity contribution in [2.45, 2.75) is 57.4 Å². The first-order chi connectivity index (χ1) is 12.3. The third-order valence-electron chi connectivity index (χ3n) is 5.64. The van der Waals surface area contributed by atoms with Gasteiger partial charge in [0.2, 0.25) is 0 Å². The van der Waals surface area contributed by atoms with Crippen molar-refractivity contribution in [1.29, 1.82) is 0 Å². The van der Waals surface area contributed by atoms with Crippen molar-refractivity contribution in [2.75, 3.05) is 5.32 Å². The number of hydrogen-bond donors (Lipinski definition) is 2. The Morgan fingerprint density at radius 1 is 1.20 bits per heavy atom. The van der Waals surface area contributed by atoms with Crippen molar-refractivity contribution in [3.8, 4) is 0 Å². The van der Waals surface area contributed by atoms with Gasteiger partial charge in [0, 0.05) is 18.7 Å². The molecule has 0 bridgehead atoms. The normalized spacial score (nSPS) is 17.5. The van der Waals surface area contributed by atoms with E-state index in [1.54, 1.807) is 0 Å². The second-order valence-electron chi connectivity index (χ2n) is 7.25. The SMILES string of the molecule is Cn1ncc2c(NCc3n[nH]c4c3CCC4)nc(C3CCCC3)nc21. The van der Waals surface area contributed by atoms with Crippen LogP contribution in [0.1, 0.15) is 60.8 Å². The van der Waals surface area contributed by atoms with Gasteiger partial charge < -0.3 is 5.32 Å². The average Bonchev–Trinajstić information content (AvgIpc) is 3.38. The Hall–Kier alpha value is -2.44. The maximum Gasteiger partial charge on any atom is 0.163 e. The molecule has 7 heteroatoms. The highest BCUT2D eigenvalue weighted by Gasteiger charge is 2.23. The molecular formula is C18H23N7. The maximum atomic E-state index is 4.88. The van der Waals surface area contributed by atoms with Gasteiger partial charge in [0.25, 0.3) is 0 Å². The standard InChI is InChI=1S/C18H23N7/c1-25-18-13(9-20-25)17(21-16(22-18)11-5-2-3-6-11)19-10-15-12-7-4-8-14(12)23-24-15/h9,11H,2-8,10H2,1H3,(H,23,24)(H,19,21,22). The predicted octanol–water partition coefficient (Wildman–Crippen LogP) is 2.84. The zero-order chi connectivity index (χ0) is 16.8. The number of rotatable bonds is 4. The van der Waals surface area contributed by atoms with Crippen LogP contribution in [0.5, 0.6) is 0 Å². The van der Waals surface area contributed by atoms with Crippen LogP contribution in [0.25, 0.3) is 11.0 Å². The second-order valence-corrected chi connectivity index (χ2v) is 7.25. The summed E-state index contributed by atoms with van der Waals surface area (Å²) in [6, 6.07) is 0. The highest BCUT2D eigenvalue weighted by atomic mass is 15.3. The average molecular weight is 337 g/mol. The van der Waals surface area contributed by atoms with Crippen LogP contribution in [-0.4, -0.2) is 29.9 Å². The molecule has 0 aromatic carbocycles. The number of hydrogen-bond acceptors (Lipinski definition) is 5. The molecule has 3 aromatic heterocycles. The molecule has 1 fully saturated rings. The molecule has 3 heterocycles. The van der Waals surface area contributed by atoms with Gasteiger partial charge in [-0.3, -0.25) is 9.78 Å². The van der Waals surface area contributed by atoms with Crippen LogP contribution in [0.3, 0.4) is 0 Å². The first-order valence-corrected chi connectivity index (χ1v) is 9.28. The zero-order valence-corrected chi connectivity index (χ0v) is 14.5. The molecule has 0 spiro atoms. The monoisotopic (exact) mass is 337 g/mol. The van der Waals surface area contributed by atoms with Crippen LogP contribution in [0.4, 0.5) is 5.82 Å². The Bertz CT molecular complexity index is 917. The molecule has 0 unspecified atom stereocenters. The predicted molar refractivity (Wildman–Crippen MR) is 95.5 cm³/mol. The summed E-state index contributed by atoms with van der Waals surface area (Å²) in [6.45, 7) is 0.691. The van der Waals surface area contributed by atoms with Gasteiger partial charge in [0.1, 0.15) is 11.6 Å². The lowest BCUT2D eigenvalue weighted by atomic mass is 10.1. The largest absolute Gasteiger partial charge is 0.364 e. The van der Waals surface area contributed by atoms with Gasteiger partial charge in [0.15, 0.2) is 5.65 Å². The molecule has 0 saturated heterocycles. The smallest absolute Gasteiger partial charge is 0.163 e. The minimum absolute atomic E-state index is 0.481. The van der Waals surface area contributed by atoms with Crippen molar-refractivity contribution < 1.29 is 0 Å². The fourth-order valence-electron chi connectivity index (χ4n) is 4.24. The van der Waals surface area contributed by atoms with E-state index < -0.39 is 0 Å². The molecule has 2 N–H and O–H groups in total. The summed E-state index contributed by atoms with van der Waals surface area (Å²) in [6.07, 6.45) is 10.3. The molecule has 2 aliphatic carbocycles. The van der Waals surface area contributed by atoms with E-state index in [4.69, 9.17) is 9.97 Å². The van der Waals surface area contributed by atoms with Gasteiger partial charge >= 0.3 is 0 Å². The van der Waals surface area contributed by atoms with Crippen LogP contribution < -0.4 is 5.32 Å². The lowest BCUT2D eigenvalue weighted by molar-refractivity contribution is 0.667. The van der Waals surface area contributed by atoms with E-state index in [9.17, 15) is 0 Å². The maximum absolute atomic E-state index is 4.88. The van der Waals surface area contributed by atoms with Crippen LogP contribution in [0, 0.1) is 0 Å². The molecule has 1 saturated carbocycles. The molecule has 5 rings (SSSR count). The van der Waals surface area contributed by atoms with Crippen LogP contribution in [-0.2, 0) is 26.4 Å². The summed E-state index contributed by atoms with van der Waals surface area (Å²) < 4.78 is 1.84. The molecule has 0 atom stereocenters. The summed E-state index contributed by atoms with van der Waals surface area (Å²) in [5, 5.41) is 16.5. The van der Waals surface area contributed by atoms with Crippen molar-refractivity contribution in [2.24, 2.45) is 7.05 Å². The minimum Gasteiger partial charge on any atom is -0.364 e. The van der Waals surface area contributed by atoms with Gasteiger partial charge in [-0.15, -0.1) is 0 Å². The fourth-order valence-corrected chi connectivity index (χ4v) is 4.24. The van der Waals surface area contributed by atoms with Crippen molar-refractivity contribution in [3.63, 3.8) is 0 Å². The van der Waals surface area contributed by atoms with Gasteiger partial charge in [-0.1, -0.05) is 12.8 Å². The summed E-state index contributed by atoms with van der Waals surface area (Å²) in [4.78, 5) is 9.68. The van der Waals surface area contributed by atoms with E-state index in [0.717, 1.165) is 41.2 Å². The van der Waals surface area contributed by atoms with Gasteiger partial charge in [0.05, 0.1) is 23.8 Å². The number of anilines is 1. The zero-order valence-electron chi connectivity index (χ0n) is 14.5. The summed E-state index contributed by atoms with van der Waals surface area (Å²) in [5.74, 6) is 2.33. The highest BCUT2D eigenvalue weighted by Crippen LogP contribution is 2.34. The van der Waals surface area contributed by atoms with E-state index in [-0.39, 0.29) is 0 Å². The highest BCUT2D eigenvalue weighted by molar-refractivity contribution is 5.86. The molecule has 0 aliphatic heterocycles. The van der Waals surface area contributed by atoms with E-state index in [1.165, 1.54) is 43.4 Å². The van der Waals surface area contributed by atoms with E-state index in [0.29, 0.717) is 12.5 Å². The summed E-state index contributed by atoms with van der Waals surface area (Å²) in [5.41, 5.74) is 4.72. The molecule has 25 heavy (non-hydrogen) atoms. The van der Waals surface area contributed by atoms with E-state index >= 15 is 0 Å². The number of aromatic amines is 1. The lowest BCUT2D eigenvalue weighted by Crippen LogP contribution is -2.09. The molecule has 2 aliphatic rings. The Morgan fingerprint density at radius 3 is 2.96 bits per heavy atom. The van der Waals surface area contributed by atoms with Gasteiger partial charge in [-0.25, -0.2) is 9.97 Å². The number of fused-ring (bicyclic) bond motifs is 2. The molecule has 3 aromatic rings. The van der Waals surface area contributed by atoms with Crippen molar-refractivity contribution >= 4 is 16.9 Å². The van der Waals surface area contributed by atoms with E-state index in [1.807, 2.05) is 17.9 Å². The Balaban J connectivity index is 1.48. The molecule has 130 valence electrons. The topological polar surface area (TPSA) is 84.3 Å². The Kier molecular flexibility index (Phi) is 3.46. The second kappa shape index (κ2) is 5.82. The number of nitrogens with zero attached hydrogens (tertiary/aromatic N) is 5. The third kappa shape index (κ3) is 2.49. The van der Waals surface area contributed by atoms with Gasteiger partial charge in [-0.05, 0) is 37.7 Å². The van der Waals surface area contributed by atoms with Crippen LogP contribution in [0.15, 0.2) is 6.20 Å². The van der Waals surface area contributed by atoms with E-state index in [2.05, 4.69) is 20.6 Å². The van der Waals surface area contributed by atoms with Crippen LogP contribution >= 0.6 is 0 Å². The number of H-pyrrole nitrogens is 1. The Labute approximate surface area is 146 Å². The number of aromatic nitrogens is 6. The molecule has 0 amide bonds. The van der Waals surface area contributed by atoms with Crippen molar-refractivity contribution in [3.05, 3.63) is 29.0 Å². The molecule has 0 radical (unpaired) electrons. The summed E-state index contributed by atoms with van der Waals surface area (Å²) >= 11 is 0. The van der Waals surface area contributed by atoms with Crippen molar-refractivity contribution in [1.82, 2.24) is 29.9 Å². The first-order valence-electron chi connectivity index (χ1n) is 9.28. The lowest BCUT2D eigenvalue weighted by Gasteiger charge is -2.12. The quantitative estimate of drug-likeness (QED) is 0.765. The minimum atomic E-state index is 0.481. The first kappa shape index (κ1) is 14.9. The molecule has 7 nitrogen and oxygen atoms in total.